The van der Waals surface area contributed by atoms with Crippen molar-refractivity contribution in [2.24, 2.45) is 0 Å². The van der Waals surface area contributed by atoms with E-state index in [0.717, 1.165) is 16.7 Å². The van der Waals surface area contributed by atoms with E-state index in [-0.39, 0.29) is 17.8 Å². The number of halogens is 1. The predicted molar refractivity (Wildman–Crippen MR) is 86.0 cm³/mol. The van der Waals surface area contributed by atoms with Crippen LogP contribution in [0.15, 0.2) is 48.8 Å². The summed E-state index contributed by atoms with van der Waals surface area (Å²) in [5.74, 6) is -0.324. The van der Waals surface area contributed by atoms with Crippen molar-refractivity contribution in [1.29, 1.82) is 0 Å². The quantitative estimate of drug-likeness (QED) is 0.815. The highest BCUT2D eigenvalue weighted by Crippen LogP contribution is 2.24. The van der Waals surface area contributed by atoms with Gasteiger partial charge in [-0.1, -0.05) is 12.1 Å². The Bertz CT molecular complexity index is 722. The summed E-state index contributed by atoms with van der Waals surface area (Å²) in [6, 6.07) is 8.04. The molecule has 1 saturated heterocycles. The Labute approximate surface area is 134 Å². The minimum atomic E-state index is -0.282. The molecule has 0 saturated carbocycles. The molecule has 0 bridgehead atoms. The first-order chi connectivity index (χ1) is 11.2. The van der Waals surface area contributed by atoms with E-state index in [1.165, 1.54) is 12.1 Å². The van der Waals surface area contributed by atoms with E-state index in [2.05, 4.69) is 4.98 Å². The lowest BCUT2D eigenvalue weighted by atomic mass is 10.0. The van der Waals surface area contributed by atoms with Gasteiger partial charge in [-0.25, -0.2) is 4.39 Å². The van der Waals surface area contributed by atoms with E-state index >= 15 is 0 Å². The molecule has 2 aromatic rings. The number of ether oxygens (including phenoxy) is 1. The maximum Gasteiger partial charge on any atom is 0.246 e. The number of benzene rings is 1. The number of hydrogen-bond donors (Lipinski definition) is 0. The SMILES string of the molecule is COC1CN(C(=O)/C=C/c2ccncc2-c2ccc(F)cc2)C1. The Morgan fingerprint density at radius 3 is 2.74 bits per heavy atom. The van der Waals surface area contributed by atoms with E-state index in [1.54, 1.807) is 48.7 Å². The molecule has 23 heavy (non-hydrogen) atoms. The number of nitrogens with zero attached hydrogens (tertiary/aromatic N) is 2. The van der Waals surface area contributed by atoms with Crippen LogP contribution < -0.4 is 0 Å². The molecule has 1 aliphatic rings. The zero-order valence-electron chi connectivity index (χ0n) is 12.8. The second-order valence-corrected chi connectivity index (χ2v) is 5.40. The maximum absolute atomic E-state index is 13.1. The standard InChI is InChI=1S/C18H17FN2O2/c1-23-16-11-21(12-16)18(22)7-4-14-8-9-20-10-17(14)13-2-5-15(19)6-3-13/h2-10,16H,11-12H2,1H3/b7-4+. The topological polar surface area (TPSA) is 42.4 Å². The molecule has 0 unspecified atom stereocenters. The minimum Gasteiger partial charge on any atom is -0.378 e. The number of hydrogen-bond acceptors (Lipinski definition) is 3. The van der Waals surface area contributed by atoms with Gasteiger partial charge in [0.1, 0.15) is 5.82 Å². The fourth-order valence-corrected chi connectivity index (χ4v) is 2.45. The van der Waals surface area contributed by atoms with Gasteiger partial charge in [0.05, 0.1) is 6.10 Å². The molecule has 1 fully saturated rings. The van der Waals surface area contributed by atoms with Crippen LogP contribution >= 0.6 is 0 Å². The van der Waals surface area contributed by atoms with Crippen LogP contribution in [0.4, 0.5) is 4.39 Å². The van der Waals surface area contributed by atoms with Crippen LogP contribution in [0.2, 0.25) is 0 Å². The monoisotopic (exact) mass is 312 g/mol. The van der Waals surface area contributed by atoms with E-state index in [9.17, 15) is 9.18 Å². The number of carbonyl (C=O) groups is 1. The van der Waals surface area contributed by atoms with Gasteiger partial charge in [-0.2, -0.15) is 0 Å². The third kappa shape index (κ3) is 3.46. The van der Waals surface area contributed by atoms with Crippen molar-refractivity contribution in [3.63, 3.8) is 0 Å². The summed E-state index contributed by atoms with van der Waals surface area (Å²) < 4.78 is 18.2. The molecule has 0 aliphatic carbocycles. The number of carbonyl (C=O) groups excluding carboxylic acids is 1. The first-order valence-corrected chi connectivity index (χ1v) is 7.37. The van der Waals surface area contributed by atoms with Gasteiger partial charge >= 0.3 is 0 Å². The van der Waals surface area contributed by atoms with Gasteiger partial charge in [-0.15, -0.1) is 0 Å². The molecular formula is C18H17FN2O2. The second kappa shape index (κ2) is 6.71. The van der Waals surface area contributed by atoms with Crippen molar-refractivity contribution < 1.29 is 13.9 Å². The van der Waals surface area contributed by atoms with Gasteiger partial charge in [-0.3, -0.25) is 9.78 Å². The number of likely N-dealkylation sites (tertiary alicyclic amines) is 1. The molecule has 0 spiro atoms. The second-order valence-electron chi connectivity index (χ2n) is 5.40. The maximum atomic E-state index is 13.1. The lowest BCUT2D eigenvalue weighted by Gasteiger charge is -2.37. The first kappa shape index (κ1) is 15.4. The van der Waals surface area contributed by atoms with Gasteiger partial charge in [0.15, 0.2) is 0 Å². The number of methoxy groups -OCH3 is 1. The summed E-state index contributed by atoms with van der Waals surface area (Å²) in [5.41, 5.74) is 2.58. The fraction of sp³-hybridized carbons (Fsp3) is 0.222. The zero-order valence-corrected chi connectivity index (χ0v) is 12.8. The highest BCUT2D eigenvalue weighted by Gasteiger charge is 2.28. The van der Waals surface area contributed by atoms with Gasteiger partial charge in [-0.05, 0) is 35.4 Å². The summed E-state index contributed by atoms with van der Waals surface area (Å²) in [7, 11) is 1.65. The zero-order chi connectivity index (χ0) is 16.2. The van der Waals surface area contributed by atoms with Crippen LogP contribution in [0.5, 0.6) is 0 Å². The fourth-order valence-electron chi connectivity index (χ4n) is 2.45. The van der Waals surface area contributed by atoms with Crippen molar-refractivity contribution in [2.75, 3.05) is 20.2 Å². The predicted octanol–water partition coefficient (Wildman–Crippen LogP) is 2.76. The van der Waals surface area contributed by atoms with Crippen LogP contribution in [0.25, 0.3) is 17.2 Å². The number of pyridine rings is 1. The summed E-state index contributed by atoms with van der Waals surface area (Å²) in [4.78, 5) is 17.9. The lowest BCUT2D eigenvalue weighted by molar-refractivity contribution is -0.137. The van der Waals surface area contributed by atoms with Crippen LogP contribution in [0.1, 0.15) is 5.56 Å². The van der Waals surface area contributed by atoms with E-state index in [1.807, 2.05) is 6.07 Å². The van der Waals surface area contributed by atoms with Crippen LogP contribution in [-0.2, 0) is 9.53 Å². The highest BCUT2D eigenvalue weighted by atomic mass is 19.1. The molecule has 0 atom stereocenters. The average Bonchev–Trinajstić information content (AvgIpc) is 2.53. The van der Waals surface area contributed by atoms with Gasteiger partial charge in [0, 0.05) is 44.2 Å². The molecule has 3 rings (SSSR count). The van der Waals surface area contributed by atoms with Gasteiger partial charge < -0.3 is 9.64 Å². The Morgan fingerprint density at radius 1 is 1.30 bits per heavy atom. The molecule has 1 aromatic heterocycles. The molecule has 1 aromatic carbocycles. The summed E-state index contributed by atoms with van der Waals surface area (Å²) in [6.07, 6.45) is 6.84. The van der Waals surface area contributed by atoms with Gasteiger partial charge in [0.2, 0.25) is 5.91 Å². The minimum absolute atomic E-state index is 0.0415. The molecule has 4 nitrogen and oxygen atoms in total. The van der Waals surface area contributed by atoms with Crippen molar-refractivity contribution in [1.82, 2.24) is 9.88 Å². The van der Waals surface area contributed by atoms with Crippen LogP contribution in [0.3, 0.4) is 0 Å². The number of amides is 1. The molecule has 1 aliphatic heterocycles. The average molecular weight is 312 g/mol. The molecule has 0 N–H and O–H groups in total. The largest absolute Gasteiger partial charge is 0.378 e. The Balaban J connectivity index is 1.77. The normalized spacial score (nSPS) is 15.0. The molecule has 1 amide bonds. The molecule has 118 valence electrons. The molecular weight excluding hydrogens is 295 g/mol. The first-order valence-electron chi connectivity index (χ1n) is 7.37. The Hall–Kier alpha value is -2.53. The Kier molecular flexibility index (Phi) is 4.48. The van der Waals surface area contributed by atoms with Crippen LogP contribution in [0, 0.1) is 5.82 Å². The third-order valence-corrected chi connectivity index (χ3v) is 3.91. The third-order valence-electron chi connectivity index (χ3n) is 3.91. The van der Waals surface area contributed by atoms with Crippen LogP contribution in [-0.4, -0.2) is 42.1 Å². The lowest BCUT2D eigenvalue weighted by Crippen LogP contribution is -2.53. The van der Waals surface area contributed by atoms with Crippen molar-refractivity contribution >= 4 is 12.0 Å². The summed E-state index contributed by atoms with van der Waals surface area (Å²) in [5, 5.41) is 0. The van der Waals surface area contributed by atoms with Crippen molar-refractivity contribution in [3.8, 4) is 11.1 Å². The summed E-state index contributed by atoms with van der Waals surface area (Å²) >= 11 is 0. The number of rotatable bonds is 4. The van der Waals surface area contributed by atoms with E-state index in [0.29, 0.717) is 13.1 Å². The number of aromatic nitrogens is 1. The molecule has 5 heteroatoms. The molecule has 2 heterocycles. The van der Waals surface area contributed by atoms with Crippen molar-refractivity contribution in [3.05, 3.63) is 60.2 Å². The van der Waals surface area contributed by atoms with Gasteiger partial charge in [0.25, 0.3) is 0 Å². The smallest absolute Gasteiger partial charge is 0.246 e. The van der Waals surface area contributed by atoms with Crippen molar-refractivity contribution in [2.45, 2.75) is 6.10 Å². The van der Waals surface area contributed by atoms with E-state index < -0.39 is 0 Å². The summed E-state index contributed by atoms with van der Waals surface area (Å²) in [6.45, 7) is 1.25. The Morgan fingerprint density at radius 2 is 2.04 bits per heavy atom. The molecule has 0 radical (unpaired) electrons. The highest BCUT2D eigenvalue weighted by molar-refractivity contribution is 5.93. The van der Waals surface area contributed by atoms with E-state index in [4.69, 9.17) is 4.74 Å².